The van der Waals surface area contributed by atoms with Crippen LogP contribution in [0.1, 0.15) is 102 Å². The first kappa shape index (κ1) is 21.2. The summed E-state index contributed by atoms with van der Waals surface area (Å²) in [6.07, 6.45) is 17.1. The monoisotopic (exact) mass is 406 g/mol. The van der Waals surface area contributed by atoms with Crippen LogP contribution in [0.2, 0.25) is 0 Å². The van der Waals surface area contributed by atoms with E-state index in [0.29, 0.717) is 5.56 Å². The second-order valence-electron chi connectivity index (χ2n) is 10.3. The van der Waals surface area contributed by atoms with Crippen LogP contribution >= 0.6 is 0 Å². The van der Waals surface area contributed by atoms with Crippen LogP contribution in [0.15, 0.2) is 12.1 Å². The van der Waals surface area contributed by atoms with Crippen molar-refractivity contribution in [3.63, 3.8) is 0 Å². The second kappa shape index (κ2) is 9.43. The van der Waals surface area contributed by atoms with E-state index in [4.69, 9.17) is 0 Å². The van der Waals surface area contributed by atoms with Gasteiger partial charge in [-0.3, -0.25) is 0 Å². The molecule has 3 aliphatic rings. The molecule has 3 aliphatic carbocycles. The zero-order chi connectivity index (χ0) is 20.4. The highest BCUT2D eigenvalue weighted by atomic mass is 19.2. The van der Waals surface area contributed by atoms with E-state index in [9.17, 15) is 13.2 Å². The summed E-state index contributed by atoms with van der Waals surface area (Å²) in [4.78, 5) is 0. The molecule has 0 bridgehead atoms. The molecule has 2 unspecified atom stereocenters. The lowest BCUT2D eigenvalue weighted by Crippen LogP contribution is -2.27. The lowest BCUT2D eigenvalue weighted by atomic mass is 9.66. The van der Waals surface area contributed by atoms with E-state index in [0.717, 1.165) is 55.3 Å². The van der Waals surface area contributed by atoms with Crippen LogP contribution in [0.4, 0.5) is 13.2 Å². The highest BCUT2D eigenvalue weighted by molar-refractivity contribution is 5.23. The molecule has 0 spiro atoms. The minimum Gasteiger partial charge on any atom is -0.204 e. The van der Waals surface area contributed by atoms with Crippen LogP contribution in [0, 0.1) is 47.0 Å². The fourth-order valence-electron chi connectivity index (χ4n) is 7.03. The fraction of sp³-hybridized carbons (Fsp3) is 0.769. The van der Waals surface area contributed by atoms with Crippen molar-refractivity contribution < 1.29 is 13.2 Å². The van der Waals surface area contributed by atoms with Crippen LogP contribution in [0.25, 0.3) is 0 Å². The second-order valence-corrected chi connectivity index (χ2v) is 10.3. The zero-order valence-corrected chi connectivity index (χ0v) is 17.9. The van der Waals surface area contributed by atoms with Crippen molar-refractivity contribution in [1.29, 1.82) is 0 Å². The summed E-state index contributed by atoms with van der Waals surface area (Å²) in [6, 6.07) is 2.42. The molecule has 3 fully saturated rings. The molecular formula is C26H37F3. The maximum atomic E-state index is 13.6. The lowest BCUT2D eigenvalue weighted by Gasteiger charge is -2.39. The van der Waals surface area contributed by atoms with Crippen LogP contribution in [-0.4, -0.2) is 0 Å². The Bertz CT molecular complexity index is 646. The average Bonchev–Trinajstić information content (AvgIpc) is 3.21. The molecule has 0 aromatic heterocycles. The van der Waals surface area contributed by atoms with Gasteiger partial charge in [-0.2, -0.15) is 0 Å². The van der Waals surface area contributed by atoms with Crippen molar-refractivity contribution in [3.8, 4) is 0 Å². The number of benzene rings is 1. The fourth-order valence-corrected chi connectivity index (χ4v) is 7.03. The van der Waals surface area contributed by atoms with Gasteiger partial charge in [0.05, 0.1) is 0 Å². The van der Waals surface area contributed by atoms with Gasteiger partial charge in [0, 0.05) is 0 Å². The molecule has 1 aromatic rings. The maximum Gasteiger partial charge on any atom is 0.194 e. The molecule has 0 nitrogen and oxygen atoms in total. The Morgan fingerprint density at radius 3 is 1.72 bits per heavy atom. The molecule has 0 amide bonds. The van der Waals surface area contributed by atoms with Gasteiger partial charge >= 0.3 is 0 Å². The average molecular weight is 407 g/mol. The number of hydrogen-bond acceptors (Lipinski definition) is 0. The number of halogens is 3. The van der Waals surface area contributed by atoms with Crippen molar-refractivity contribution in [2.45, 2.75) is 96.3 Å². The van der Waals surface area contributed by atoms with E-state index >= 15 is 0 Å². The Labute approximate surface area is 174 Å². The van der Waals surface area contributed by atoms with Gasteiger partial charge in [0.25, 0.3) is 0 Å². The van der Waals surface area contributed by atoms with E-state index in [-0.39, 0.29) is 5.92 Å². The molecule has 29 heavy (non-hydrogen) atoms. The topological polar surface area (TPSA) is 0 Å². The standard InChI is InChI=1S/C26H37F3/c1-2-3-17-4-5-22(14-17)20-10-6-18(7-11-20)19-8-12-21(13-9-19)23-15-24(27)26(29)25(28)16-23/h15-22H,2-14H2,1H3. The largest absolute Gasteiger partial charge is 0.204 e. The Kier molecular flexibility index (Phi) is 6.91. The summed E-state index contributed by atoms with van der Waals surface area (Å²) in [5.41, 5.74) is 0.645. The number of rotatable bonds is 5. The molecule has 4 rings (SSSR count). The van der Waals surface area contributed by atoms with E-state index in [1.54, 1.807) is 0 Å². The predicted octanol–water partition coefficient (Wildman–Crippen LogP) is 8.40. The van der Waals surface area contributed by atoms with Crippen molar-refractivity contribution in [2.24, 2.45) is 29.6 Å². The molecule has 0 N–H and O–H groups in total. The van der Waals surface area contributed by atoms with Gasteiger partial charge in [-0.25, -0.2) is 13.2 Å². The van der Waals surface area contributed by atoms with Gasteiger partial charge in [-0.15, -0.1) is 0 Å². The van der Waals surface area contributed by atoms with E-state index < -0.39 is 17.5 Å². The van der Waals surface area contributed by atoms with Crippen molar-refractivity contribution in [2.75, 3.05) is 0 Å². The molecule has 3 saturated carbocycles. The third kappa shape index (κ3) is 4.85. The molecule has 0 radical (unpaired) electrons. The van der Waals surface area contributed by atoms with Crippen LogP contribution in [0.5, 0.6) is 0 Å². The van der Waals surface area contributed by atoms with Gasteiger partial charge in [-0.1, -0.05) is 26.2 Å². The summed E-state index contributed by atoms with van der Waals surface area (Å²) < 4.78 is 40.4. The molecule has 1 aromatic carbocycles. The maximum absolute atomic E-state index is 13.6. The first-order valence-electron chi connectivity index (χ1n) is 12.2. The Hall–Kier alpha value is -0.990. The third-order valence-electron chi connectivity index (χ3n) is 8.68. The van der Waals surface area contributed by atoms with Crippen LogP contribution < -0.4 is 0 Å². The predicted molar refractivity (Wildman–Crippen MR) is 112 cm³/mol. The summed E-state index contributed by atoms with van der Waals surface area (Å²) in [5, 5.41) is 0. The molecule has 3 heteroatoms. The lowest BCUT2D eigenvalue weighted by molar-refractivity contribution is 0.134. The smallest absolute Gasteiger partial charge is 0.194 e. The molecule has 0 saturated heterocycles. The van der Waals surface area contributed by atoms with E-state index in [1.165, 1.54) is 69.9 Å². The van der Waals surface area contributed by atoms with Gasteiger partial charge in [-0.05, 0) is 117 Å². The van der Waals surface area contributed by atoms with E-state index in [2.05, 4.69) is 6.92 Å². The zero-order valence-electron chi connectivity index (χ0n) is 17.9. The molecule has 0 heterocycles. The normalized spacial score (nSPS) is 35.7. The Balaban J connectivity index is 1.24. The first-order valence-corrected chi connectivity index (χ1v) is 12.2. The summed E-state index contributed by atoms with van der Waals surface area (Å²) in [5.74, 6) is 1.33. The molecule has 162 valence electrons. The van der Waals surface area contributed by atoms with Gasteiger partial charge < -0.3 is 0 Å². The Morgan fingerprint density at radius 1 is 0.690 bits per heavy atom. The summed E-state index contributed by atoms with van der Waals surface area (Å²) in [7, 11) is 0. The highest BCUT2D eigenvalue weighted by Crippen LogP contribution is 2.48. The van der Waals surface area contributed by atoms with Crippen molar-refractivity contribution in [1.82, 2.24) is 0 Å². The van der Waals surface area contributed by atoms with Crippen molar-refractivity contribution in [3.05, 3.63) is 35.1 Å². The minimum absolute atomic E-state index is 0.182. The minimum atomic E-state index is -1.34. The first-order chi connectivity index (χ1) is 14.0. The molecular weight excluding hydrogens is 369 g/mol. The van der Waals surface area contributed by atoms with Gasteiger partial charge in [0.2, 0.25) is 0 Å². The summed E-state index contributed by atoms with van der Waals surface area (Å²) in [6.45, 7) is 2.32. The highest BCUT2D eigenvalue weighted by Gasteiger charge is 2.36. The van der Waals surface area contributed by atoms with Crippen molar-refractivity contribution >= 4 is 0 Å². The third-order valence-corrected chi connectivity index (χ3v) is 8.68. The molecule has 2 atom stereocenters. The number of hydrogen-bond donors (Lipinski definition) is 0. The summed E-state index contributed by atoms with van der Waals surface area (Å²) >= 11 is 0. The van der Waals surface area contributed by atoms with Gasteiger partial charge in [0.1, 0.15) is 0 Å². The quantitative estimate of drug-likeness (QED) is 0.431. The van der Waals surface area contributed by atoms with Gasteiger partial charge in [0.15, 0.2) is 17.5 Å². The van der Waals surface area contributed by atoms with Crippen LogP contribution in [-0.2, 0) is 0 Å². The van der Waals surface area contributed by atoms with E-state index in [1.807, 2.05) is 0 Å². The molecule has 0 aliphatic heterocycles. The Morgan fingerprint density at radius 2 is 1.17 bits per heavy atom. The van der Waals surface area contributed by atoms with Crippen LogP contribution in [0.3, 0.4) is 0 Å². The SMILES string of the molecule is CCCC1CCC(C2CCC(C3CCC(c4cc(F)c(F)c(F)c4)CC3)CC2)C1.